The number of rotatable bonds is 6. The van der Waals surface area contributed by atoms with E-state index < -0.39 is 0 Å². The van der Waals surface area contributed by atoms with Crippen molar-refractivity contribution in [2.75, 3.05) is 14.7 Å². The van der Waals surface area contributed by atoms with Crippen LogP contribution in [0.15, 0.2) is 376 Å². The maximum Gasteiger partial charge on any atom is 0.227 e. The van der Waals surface area contributed by atoms with Gasteiger partial charge in [-0.05, 0) is 217 Å². The van der Waals surface area contributed by atoms with Crippen LogP contribution in [0.5, 0.6) is 34.5 Å². The molecule has 0 unspecified atom stereocenters. The lowest BCUT2D eigenvalue weighted by Crippen LogP contribution is -2.20. The summed E-state index contributed by atoms with van der Waals surface area (Å²) >= 11 is 19.8. The quantitative estimate of drug-likeness (QED) is 0.154. The monoisotopic (exact) mass is 1940 g/mol. The minimum Gasteiger partial charge on any atom is -0.453 e. The van der Waals surface area contributed by atoms with E-state index in [4.69, 9.17) is 61.8 Å². The van der Waals surface area contributed by atoms with E-state index in [1.54, 1.807) is 58.0 Å². The zero-order valence-electron chi connectivity index (χ0n) is 66.1. The molecule has 0 spiro atoms. The molecule has 0 radical (unpaired) electrons. The number of fused-ring (bicyclic) bond motifs is 22. The van der Waals surface area contributed by atoms with Crippen LogP contribution < -0.4 is 28.9 Å². The average molecular weight is 1940 g/mol. The third-order valence-electron chi connectivity index (χ3n) is 23.4. The van der Waals surface area contributed by atoms with Gasteiger partial charge in [0, 0.05) is 86.9 Å². The average Bonchev–Trinajstić information content (AvgIpc) is 0.892. The van der Waals surface area contributed by atoms with E-state index in [1.807, 2.05) is 152 Å². The summed E-state index contributed by atoms with van der Waals surface area (Å²) in [6, 6.07) is 107. The van der Waals surface area contributed by atoms with Crippen LogP contribution in [0.25, 0.3) is 153 Å². The summed E-state index contributed by atoms with van der Waals surface area (Å²) in [6.45, 7) is 0. The highest BCUT2D eigenvalue weighted by Crippen LogP contribution is 2.66. The molecular weight excluding hydrogens is 1890 g/mol. The number of ether oxygens (including phenoxy) is 3. The van der Waals surface area contributed by atoms with Crippen LogP contribution in [-0.4, -0.2) is 29.9 Å². The predicted octanol–water partition coefficient (Wildman–Crippen LogP) is 33.6. The molecule has 23 aromatic rings. The highest BCUT2D eigenvalue weighted by Gasteiger charge is 2.40. The molecule has 0 amide bonds. The maximum atomic E-state index is 6.50. The standard InChI is InChI=1S/C40H20BrN3O2S2.C32H16BrN3O3S.C32H16BrN3O2S2/c41-25-19-34-36-35(20-25)48-33-18-24(40-43-29-14-10-22-6-2-4-8-27(22)38(29)46-40)12-16-31(33)44(36)30-15-11-23(17-32(30)47-34)39-42-28-13-9-21-5-1-3-7-26(21)37(28)45-39;33-19-15-27-30-29(16-19)40-28-12-10-18(32-35-21-6-2-4-8-25(21)39-32)14-23(28)36(30)22-13-17(9-11-26(22)37-27)31-34-20-5-1-3-7-24(20)38-31;33-19-15-26-30-27(16-19)38-25-14-18(32-35-21-6-2-4-8-29(21)40-32)10-12-23(25)36(30)22-11-9-17(13-24(22)37-26)31-34-20-5-1-3-7-28(20)39-31/h1-20H;2*1-16H. The Morgan fingerprint density at radius 1 is 0.242 bits per heavy atom. The first kappa shape index (κ1) is 74.5. The molecule has 6 aliphatic heterocycles. The van der Waals surface area contributed by atoms with Gasteiger partial charge in [-0.3, -0.25) is 4.90 Å². The number of hydrogen-bond donors (Lipinski definition) is 0. The van der Waals surface area contributed by atoms with Gasteiger partial charge >= 0.3 is 0 Å². The Balaban J connectivity index is 0.0000000999. The Hall–Kier alpha value is -13.8. The van der Waals surface area contributed by atoms with Gasteiger partial charge in [-0.15, -0.1) is 22.7 Å². The molecule has 0 aliphatic carbocycles. The van der Waals surface area contributed by atoms with E-state index in [9.17, 15) is 0 Å². The summed E-state index contributed by atoms with van der Waals surface area (Å²) in [6.07, 6.45) is 0. The fourth-order valence-electron chi connectivity index (χ4n) is 17.6. The van der Waals surface area contributed by atoms with Crippen molar-refractivity contribution in [1.82, 2.24) is 29.9 Å². The van der Waals surface area contributed by atoms with Crippen molar-refractivity contribution in [3.63, 3.8) is 0 Å². The highest BCUT2D eigenvalue weighted by molar-refractivity contribution is 9.11. The van der Waals surface area contributed by atoms with E-state index in [1.165, 1.54) is 24.9 Å². The van der Waals surface area contributed by atoms with E-state index in [0.29, 0.717) is 23.6 Å². The lowest BCUT2D eigenvalue weighted by Gasteiger charge is -2.38. The molecule has 0 atom stereocenters. The molecule has 17 aromatic carbocycles. The Morgan fingerprint density at radius 2 is 0.641 bits per heavy atom. The molecule has 24 heteroatoms. The van der Waals surface area contributed by atoms with Gasteiger partial charge in [-0.1, -0.05) is 192 Å². The van der Waals surface area contributed by atoms with Gasteiger partial charge in [0.1, 0.15) is 43.5 Å². The Bertz CT molecular complexity index is 8150. The number of hydrogen-bond acceptors (Lipinski definition) is 21. The first-order chi connectivity index (χ1) is 63.0. The zero-order valence-corrected chi connectivity index (χ0v) is 74.9. The van der Waals surface area contributed by atoms with Crippen LogP contribution in [0.1, 0.15) is 0 Å². The van der Waals surface area contributed by atoms with E-state index in [2.05, 4.69) is 226 Å². The van der Waals surface area contributed by atoms with Gasteiger partial charge in [-0.25, -0.2) is 29.9 Å². The normalized spacial score (nSPS) is 13.2. The highest BCUT2D eigenvalue weighted by atomic mass is 79.9. The number of benzene rings is 17. The van der Waals surface area contributed by atoms with Crippen molar-refractivity contribution in [2.45, 2.75) is 29.4 Å². The third-order valence-corrected chi connectivity index (χ3v) is 30.2. The zero-order chi connectivity index (χ0) is 84.3. The molecule has 12 heterocycles. The SMILES string of the molecule is Brc1cc2c3c(c1)Oc1cc(-c4nc5ccccc5s4)ccc1N3c1ccc(-c3nc4ccccc4s3)cc1O2.Brc1cc2c3c(c1)Sc1cc(-c4nc5ccc6ccccc6c5o4)ccc1N3c1ccc(-c3nc4ccc5ccccc5c4o3)cc1S2.Brc1cc2c3c(c1)Sc1ccc(-c4nc5ccccc5o4)cc1N3c1cc(-c3nc4ccccc4o3)ccc1O2. The van der Waals surface area contributed by atoms with Crippen LogP contribution in [0.3, 0.4) is 0 Å². The molecule has 6 aliphatic rings. The summed E-state index contributed by atoms with van der Waals surface area (Å²) in [5, 5.41) is 6.36. The number of anilines is 9. The largest absolute Gasteiger partial charge is 0.453 e. The van der Waals surface area contributed by atoms with Crippen LogP contribution in [-0.2, 0) is 0 Å². The van der Waals surface area contributed by atoms with Crippen molar-refractivity contribution in [3.8, 4) is 101 Å². The molecule has 0 fully saturated rings. The van der Waals surface area contributed by atoms with Crippen molar-refractivity contribution in [3.05, 3.63) is 329 Å². The van der Waals surface area contributed by atoms with Crippen molar-refractivity contribution in [2.24, 2.45) is 0 Å². The van der Waals surface area contributed by atoms with Crippen LogP contribution in [0.4, 0.5) is 51.2 Å². The minimum absolute atomic E-state index is 0.567. The first-order valence-electron chi connectivity index (χ1n) is 40.8. The number of oxazole rings is 4. The Labute approximate surface area is 772 Å². The molecule has 0 bridgehead atoms. The van der Waals surface area contributed by atoms with Gasteiger partial charge in [-0.2, -0.15) is 0 Å². The summed E-state index contributed by atoms with van der Waals surface area (Å²) in [5.41, 5.74) is 23.5. The number of thiazole rings is 2. The van der Waals surface area contributed by atoms with Gasteiger partial charge in [0.2, 0.25) is 23.6 Å². The lowest BCUT2D eigenvalue weighted by molar-refractivity contribution is 0.445. The van der Waals surface area contributed by atoms with E-state index in [-0.39, 0.29) is 0 Å². The van der Waals surface area contributed by atoms with Gasteiger partial charge < -0.3 is 41.7 Å². The van der Waals surface area contributed by atoms with Crippen molar-refractivity contribution in [1.29, 1.82) is 0 Å². The van der Waals surface area contributed by atoms with Crippen molar-refractivity contribution < 1.29 is 31.9 Å². The molecule has 6 aromatic heterocycles. The maximum absolute atomic E-state index is 6.50. The molecule has 606 valence electrons. The summed E-state index contributed by atoms with van der Waals surface area (Å²) in [5.74, 6) is 6.96. The topological polar surface area (TPSA) is 167 Å². The molecule has 0 N–H and O–H groups in total. The van der Waals surface area contributed by atoms with Crippen LogP contribution in [0, 0.1) is 0 Å². The Kier molecular flexibility index (Phi) is 16.9. The van der Waals surface area contributed by atoms with Crippen LogP contribution in [0.2, 0.25) is 0 Å². The molecule has 16 nitrogen and oxygen atoms in total. The first-order valence-corrected chi connectivity index (χ1v) is 47.3. The third kappa shape index (κ3) is 12.3. The second kappa shape index (κ2) is 29.1. The van der Waals surface area contributed by atoms with Crippen molar-refractivity contribution >= 4 is 243 Å². The summed E-state index contributed by atoms with van der Waals surface area (Å²) in [7, 11) is 0. The van der Waals surface area contributed by atoms with Crippen LogP contribution >= 0.6 is 106 Å². The Morgan fingerprint density at radius 3 is 1.19 bits per heavy atom. The molecule has 29 rings (SSSR count). The molecule has 128 heavy (non-hydrogen) atoms. The molecular formula is C104H52Br3N9O7S5. The number of aromatic nitrogens is 6. The smallest absolute Gasteiger partial charge is 0.227 e. The van der Waals surface area contributed by atoms with Gasteiger partial charge in [0.25, 0.3) is 0 Å². The second-order valence-corrected chi connectivity index (χ2v) is 39.3. The summed E-state index contributed by atoms with van der Waals surface area (Å²) < 4.78 is 49.8. The second-order valence-electron chi connectivity index (χ2n) is 31.2. The number of para-hydroxylation sites is 6. The van der Waals surface area contributed by atoms with Gasteiger partial charge in [0.15, 0.2) is 56.8 Å². The number of nitrogens with zero attached hydrogens (tertiary/aromatic N) is 9. The minimum atomic E-state index is 0.567. The fourth-order valence-corrected chi connectivity index (χ4v) is 24.8. The fraction of sp³-hybridized carbons (Fsp3) is 0. The van der Waals surface area contributed by atoms with E-state index in [0.717, 1.165) is 233 Å². The van der Waals surface area contributed by atoms with Gasteiger partial charge in [0.05, 0.1) is 60.2 Å². The summed E-state index contributed by atoms with van der Waals surface area (Å²) in [4.78, 5) is 42.8. The predicted molar refractivity (Wildman–Crippen MR) is 523 cm³/mol. The molecule has 0 saturated carbocycles. The lowest BCUT2D eigenvalue weighted by atomic mass is 10.1. The molecule has 0 saturated heterocycles. The van der Waals surface area contributed by atoms with E-state index >= 15 is 0 Å². The number of halogens is 3.